The van der Waals surface area contributed by atoms with Gasteiger partial charge < -0.3 is 4.57 Å². The zero-order valence-electron chi connectivity index (χ0n) is 10.8. The molecular formula is C14H18N2S. The largest absolute Gasteiger partial charge is 0.324 e. The summed E-state index contributed by atoms with van der Waals surface area (Å²) in [7, 11) is 2.07. The van der Waals surface area contributed by atoms with Gasteiger partial charge in [-0.1, -0.05) is 19.1 Å². The SMILES string of the molecule is CCc1ccc(N=c2sc(C)c(C)n2C)cc1. The van der Waals surface area contributed by atoms with Gasteiger partial charge in [-0.05, 0) is 38.0 Å². The van der Waals surface area contributed by atoms with E-state index in [2.05, 4.69) is 61.6 Å². The number of thiazole rings is 1. The number of hydrogen-bond donors (Lipinski definition) is 0. The van der Waals surface area contributed by atoms with Crippen molar-refractivity contribution in [3.63, 3.8) is 0 Å². The number of benzene rings is 1. The van der Waals surface area contributed by atoms with Gasteiger partial charge in [0, 0.05) is 17.6 Å². The summed E-state index contributed by atoms with van der Waals surface area (Å²) < 4.78 is 2.15. The lowest BCUT2D eigenvalue weighted by atomic mass is 10.2. The van der Waals surface area contributed by atoms with Crippen molar-refractivity contribution in [1.82, 2.24) is 4.57 Å². The first-order chi connectivity index (χ1) is 8.11. The van der Waals surface area contributed by atoms with E-state index in [4.69, 9.17) is 0 Å². The molecule has 0 fully saturated rings. The summed E-state index contributed by atoms with van der Waals surface area (Å²) in [5.41, 5.74) is 3.67. The second kappa shape index (κ2) is 4.88. The molecule has 2 rings (SSSR count). The highest BCUT2D eigenvalue weighted by Gasteiger charge is 2.01. The third-order valence-electron chi connectivity index (χ3n) is 3.11. The van der Waals surface area contributed by atoms with Crippen LogP contribution in [0.3, 0.4) is 0 Å². The molecule has 0 unspecified atom stereocenters. The molecule has 1 aromatic carbocycles. The van der Waals surface area contributed by atoms with Gasteiger partial charge in [-0.25, -0.2) is 4.99 Å². The zero-order valence-corrected chi connectivity index (χ0v) is 11.6. The maximum absolute atomic E-state index is 4.68. The summed E-state index contributed by atoms with van der Waals surface area (Å²) in [5, 5.41) is 0. The fraction of sp³-hybridized carbons (Fsp3) is 0.357. The van der Waals surface area contributed by atoms with Crippen molar-refractivity contribution in [3.05, 3.63) is 45.2 Å². The summed E-state index contributed by atoms with van der Waals surface area (Å²) >= 11 is 1.74. The molecular weight excluding hydrogens is 228 g/mol. The molecule has 0 aliphatic carbocycles. The molecule has 1 aromatic heterocycles. The Labute approximate surface area is 106 Å². The van der Waals surface area contributed by atoms with E-state index >= 15 is 0 Å². The topological polar surface area (TPSA) is 17.3 Å². The summed E-state index contributed by atoms with van der Waals surface area (Å²) in [6.45, 7) is 6.43. The van der Waals surface area contributed by atoms with Gasteiger partial charge in [-0.2, -0.15) is 0 Å². The second-order valence-electron chi connectivity index (χ2n) is 4.22. The lowest BCUT2D eigenvalue weighted by Gasteiger charge is -1.98. The van der Waals surface area contributed by atoms with E-state index in [0.717, 1.165) is 16.9 Å². The Bertz CT molecular complexity index is 573. The molecule has 0 radical (unpaired) electrons. The van der Waals surface area contributed by atoms with Gasteiger partial charge in [0.15, 0.2) is 4.80 Å². The Morgan fingerprint density at radius 1 is 1.18 bits per heavy atom. The molecule has 0 spiro atoms. The van der Waals surface area contributed by atoms with Crippen molar-refractivity contribution < 1.29 is 0 Å². The quantitative estimate of drug-likeness (QED) is 0.771. The molecule has 2 aromatic rings. The summed E-state index contributed by atoms with van der Waals surface area (Å²) in [4.78, 5) is 7.07. The van der Waals surface area contributed by atoms with E-state index in [-0.39, 0.29) is 0 Å². The zero-order chi connectivity index (χ0) is 12.4. The molecule has 0 aliphatic heterocycles. The van der Waals surface area contributed by atoms with Gasteiger partial charge in [0.1, 0.15) is 0 Å². The fourth-order valence-electron chi connectivity index (χ4n) is 1.67. The van der Waals surface area contributed by atoms with Crippen LogP contribution in [0.5, 0.6) is 0 Å². The van der Waals surface area contributed by atoms with Gasteiger partial charge >= 0.3 is 0 Å². The smallest absolute Gasteiger partial charge is 0.190 e. The average Bonchev–Trinajstić information content (AvgIpc) is 2.58. The normalized spacial score (nSPS) is 12.1. The Morgan fingerprint density at radius 2 is 1.82 bits per heavy atom. The maximum atomic E-state index is 4.68. The molecule has 3 heteroatoms. The summed E-state index contributed by atoms with van der Waals surface area (Å²) in [6, 6.07) is 8.46. The molecule has 0 amide bonds. The molecule has 0 bridgehead atoms. The highest BCUT2D eigenvalue weighted by atomic mass is 32.1. The van der Waals surface area contributed by atoms with E-state index in [9.17, 15) is 0 Å². The van der Waals surface area contributed by atoms with Crippen LogP contribution in [0.2, 0.25) is 0 Å². The van der Waals surface area contributed by atoms with E-state index in [1.165, 1.54) is 16.1 Å². The van der Waals surface area contributed by atoms with Gasteiger partial charge in [-0.15, -0.1) is 11.3 Å². The maximum Gasteiger partial charge on any atom is 0.190 e. The monoisotopic (exact) mass is 246 g/mol. The van der Waals surface area contributed by atoms with Crippen LogP contribution in [0.4, 0.5) is 5.69 Å². The second-order valence-corrected chi connectivity index (χ2v) is 5.40. The number of rotatable bonds is 2. The van der Waals surface area contributed by atoms with E-state index in [1.807, 2.05) is 0 Å². The van der Waals surface area contributed by atoms with Crippen LogP contribution in [0.1, 0.15) is 23.1 Å². The van der Waals surface area contributed by atoms with Crippen LogP contribution in [0.25, 0.3) is 0 Å². The fourth-order valence-corrected chi connectivity index (χ4v) is 2.66. The lowest BCUT2D eigenvalue weighted by Crippen LogP contribution is -2.10. The van der Waals surface area contributed by atoms with Crippen LogP contribution in [-0.2, 0) is 13.5 Å². The van der Waals surface area contributed by atoms with Crippen molar-refractivity contribution in [2.45, 2.75) is 27.2 Å². The van der Waals surface area contributed by atoms with Crippen molar-refractivity contribution >= 4 is 17.0 Å². The van der Waals surface area contributed by atoms with Crippen LogP contribution in [0.15, 0.2) is 29.3 Å². The number of aromatic nitrogens is 1. The minimum Gasteiger partial charge on any atom is -0.324 e. The summed E-state index contributed by atoms with van der Waals surface area (Å²) in [5.74, 6) is 0. The van der Waals surface area contributed by atoms with Crippen LogP contribution >= 0.6 is 11.3 Å². The molecule has 0 saturated carbocycles. The van der Waals surface area contributed by atoms with Gasteiger partial charge in [-0.3, -0.25) is 0 Å². The number of hydrogen-bond acceptors (Lipinski definition) is 2. The van der Waals surface area contributed by atoms with Crippen molar-refractivity contribution in [1.29, 1.82) is 0 Å². The lowest BCUT2D eigenvalue weighted by molar-refractivity contribution is 0.830. The van der Waals surface area contributed by atoms with Gasteiger partial charge in [0.05, 0.1) is 5.69 Å². The highest BCUT2D eigenvalue weighted by Crippen LogP contribution is 2.14. The first-order valence-electron chi connectivity index (χ1n) is 5.88. The van der Waals surface area contributed by atoms with E-state index in [1.54, 1.807) is 11.3 Å². The minimum absolute atomic E-state index is 1.03. The van der Waals surface area contributed by atoms with Crippen LogP contribution < -0.4 is 4.80 Å². The third-order valence-corrected chi connectivity index (χ3v) is 4.26. The molecule has 0 aliphatic rings. The van der Waals surface area contributed by atoms with Crippen LogP contribution in [0, 0.1) is 13.8 Å². The first-order valence-corrected chi connectivity index (χ1v) is 6.70. The Balaban J connectivity index is 2.44. The Hall–Kier alpha value is -1.35. The average molecular weight is 246 g/mol. The molecule has 90 valence electrons. The van der Waals surface area contributed by atoms with Gasteiger partial charge in [0.25, 0.3) is 0 Å². The Morgan fingerprint density at radius 3 is 2.29 bits per heavy atom. The first kappa shape index (κ1) is 12.1. The standard InChI is InChI=1S/C14H18N2S/c1-5-12-6-8-13(9-7-12)15-14-16(4)10(2)11(3)17-14/h6-9H,5H2,1-4H3. The van der Waals surface area contributed by atoms with Crippen LogP contribution in [-0.4, -0.2) is 4.57 Å². The molecule has 2 nitrogen and oxygen atoms in total. The number of nitrogens with zero attached hydrogens (tertiary/aromatic N) is 2. The molecule has 17 heavy (non-hydrogen) atoms. The minimum atomic E-state index is 1.03. The van der Waals surface area contributed by atoms with Gasteiger partial charge in [0.2, 0.25) is 0 Å². The number of aryl methyl sites for hydroxylation is 2. The molecule has 1 heterocycles. The van der Waals surface area contributed by atoms with E-state index in [0.29, 0.717) is 0 Å². The molecule has 0 saturated heterocycles. The predicted octanol–water partition coefficient (Wildman–Crippen LogP) is 3.50. The van der Waals surface area contributed by atoms with Crippen molar-refractivity contribution in [2.24, 2.45) is 12.0 Å². The van der Waals surface area contributed by atoms with E-state index < -0.39 is 0 Å². The van der Waals surface area contributed by atoms with Crippen molar-refractivity contribution in [2.75, 3.05) is 0 Å². The molecule has 0 N–H and O–H groups in total. The summed E-state index contributed by atoms with van der Waals surface area (Å²) in [6.07, 6.45) is 1.07. The highest BCUT2D eigenvalue weighted by molar-refractivity contribution is 7.09. The third kappa shape index (κ3) is 2.50. The molecule has 0 atom stereocenters. The Kier molecular flexibility index (Phi) is 3.48. The van der Waals surface area contributed by atoms with Crippen molar-refractivity contribution in [3.8, 4) is 0 Å². The predicted molar refractivity (Wildman–Crippen MR) is 73.8 cm³/mol.